The van der Waals surface area contributed by atoms with Crippen molar-refractivity contribution in [3.8, 4) is 5.75 Å². The summed E-state index contributed by atoms with van der Waals surface area (Å²) in [6.45, 7) is 1.82. The van der Waals surface area contributed by atoms with Crippen LogP contribution in [-0.4, -0.2) is 26.1 Å². The summed E-state index contributed by atoms with van der Waals surface area (Å²) in [5, 5.41) is 6.25. The molecule has 5 heteroatoms. The van der Waals surface area contributed by atoms with Crippen LogP contribution in [-0.2, 0) is 11.3 Å². The second-order valence-corrected chi connectivity index (χ2v) is 5.99. The van der Waals surface area contributed by atoms with E-state index in [0.717, 1.165) is 23.4 Å². The highest BCUT2D eigenvalue weighted by Crippen LogP contribution is 2.30. The van der Waals surface area contributed by atoms with E-state index >= 15 is 0 Å². The smallest absolute Gasteiger partial charge is 0.225 e. The van der Waals surface area contributed by atoms with E-state index < -0.39 is 0 Å². The Morgan fingerprint density at radius 1 is 1.25 bits per heavy atom. The van der Waals surface area contributed by atoms with Crippen molar-refractivity contribution in [3.05, 3.63) is 65.5 Å². The number of carbonyl (C=O) groups is 1. The molecular weight excluding hydrogens is 307 g/mol. The molecule has 3 rings (SSSR count). The molecule has 1 aliphatic rings. The summed E-state index contributed by atoms with van der Waals surface area (Å²) in [6.07, 6.45) is 0. The maximum Gasteiger partial charge on any atom is 0.225 e. The van der Waals surface area contributed by atoms with Crippen LogP contribution in [0.5, 0.6) is 5.75 Å². The van der Waals surface area contributed by atoms with Crippen molar-refractivity contribution in [2.24, 2.45) is 5.92 Å². The highest BCUT2D eigenvalue weighted by molar-refractivity contribution is 5.80. The molecule has 2 aromatic carbocycles. The Labute approximate surface area is 141 Å². The van der Waals surface area contributed by atoms with Crippen molar-refractivity contribution >= 4 is 5.91 Å². The number of halogens is 1. The van der Waals surface area contributed by atoms with E-state index in [2.05, 4.69) is 10.6 Å². The first-order valence-corrected chi connectivity index (χ1v) is 8.04. The molecule has 0 spiro atoms. The minimum absolute atomic E-state index is 0.0112. The lowest BCUT2D eigenvalue weighted by Crippen LogP contribution is -2.34. The van der Waals surface area contributed by atoms with Crippen LogP contribution >= 0.6 is 0 Å². The van der Waals surface area contributed by atoms with Gasteiger partial charge in [0.15, 0.2) is 0 Å². The predicted octanol–water partition coefficient (Wildman–Crippen LogP) is 2.45. The van der Waals surface area contributed by atoms with Gasteiger partial charge in [-0.1, -0.05) is 24.3 Å². The number of hydrogen-bond donors (Lipinski definition) is 2. The fourth-order valence-electron chi connectivity index (χ4n) is 3.10. The molecule has 126 valence electrons. The van der Waals surface area contributed by atoms with Crippen molar-refractivity contribution in [1.82, 2.24) is 10.6 Å². The van der Waals surface area contributed by atoms with E-state index in [1.165, 1.54) is 12.1 Å². The van der Waals surface area contributed by atoms with Crippen LogP contribution < -0.4 is 15.4 Å². The van der Waals surface area contributed by atoms with Gasteiger partial charge in [-0.15, -0.1) is 0 Å². The highest BCUT2D eigenvalue weighted by atomic mass is 19.1. The van der Waals surface area contributed by atoms with Gasteiger partial charge in [0, 0.05) is 25.6 Å². The number of methoxy groups -OCH3 is 1. The molecule has 0 bridgehead atoms. The minimum atomic E-state index is -0.275. The number of benzene rings is 2. The molecule has 2 unspecified atom stereocenters. The number of nitrogens with one attached hydrogen (secondary N) is 2. The molecule has 24 heavy (non-hydrogen) atoms. The SMILES string of the molecule is COc1cccc(C2CNCC2C(=O)NCc2ccc(F)cc2)c1. The summed E-state index contributed by atoms with van der Waals surface area (Å²) < 4.78 is 18.2. The van der Waals surface area contributed by atoms with E-state index in [1.807, 2.05) is 24.3 Å². The number of rotatable bonds is 5. The van der Waals surface area contributed by atoms with Gasteiger partial charge in [0.1, 0.15) is 11.6 Å². The van der Waals surface area contributed by atoms with Crippen LogP contribution in [0.15, 0.2) is 48.5 Å². The lowest BCUT2D eigenvalue weighted by atomic mass is 9.88. The van der Waals surface area contributed by atoms with E-state index in [4.69, 9.17) is 4.74 Å². The number of hydrogen-bond acceptors (Lipinski definition) is 3. The summed E-state index contributed by atoms with van der Waals surface area (Å²) in [5.41, 5.74) is 1.98. The van der Waals surface area contributed by atoms with Gasteiger partial charge in [-0.25, -0.2) is 4.39 Å². The van der Waals surface area contributed by atoms with E-state index in [0.29, 0.717) is 13.1 Å². The molecule has 1 amide bonds. The monoisotopic (exact) mass is 328 g/mol. The van der Waals surface area contributed by atoms with Crippen LogP contribution in [0.2, 0.25) is 0 Å². The minimum Gasteiger partial charge on any atom is -0.497 e. The van der Waals surface area contributed by atoms with Crippen LogP contribution in [0.1, 0.15) is 17.0 Å². The molecule has 4 nitrogen and oxygen atoms in total. The topological polar surface area (TPSA) is 50.4 Å². The third-order valence-corrected chi connectivity index (χ3v) is 4.45. The van der Waals surface area contributed by atoms with Gasteiger partial charge < -0.3 is 15.4 Å². The molecule has 2 aromatic rings. The standard InChI is InChI=1S/C19H21FN2O2/c1-24-16-4-2-3-14(9-16)17-11-21-12-18(17)19(23)22-10-13-5-7-15(20)8-6-13/h2-9,17-18,21H,10-12H2,1H3,(H,22,23). The largest absolute Gasteiger partial charge is 0.497 e. The molecule has 0 saturated carbocycles. The van der Waals surface area contributed by atoms with Crippen molar-refractivity contribution < 1.29 is 13.9 Å². The highest BCUT2D eigenvalue weighted by Gasteiger charge is 2.33. The Bertz CT molecular complexity index is 703. The maximum absolute atomic E-state index is 12.9. The average Bonchev–Trinajstić information content (AvgIpc) is 3.11. The van der Waals surface area contributed by atoms with Gasteiger partial charge in [-0.05, 0) is 35.4 Å². The van der Waals surface area contributed by atoms with Gasteiger partial charge in [-0.2, -0.15) is 0 Å². The molecule has 1 aliphatic heterocycles. The van der Waals surface area contributed by atoms with Gasteiger partial charge in [0.05, 0.1) is 13.0 Å². The van der Waals surface area contributed by atoms with E-state index in [-0.39, 0.29) is 23.6 Å². The lowest BCUT2D eigenvalue weighted by Gasteiger charge is -2.19. The Kier molecular flexibility index (Phi) is 5.11. The maximum atomic E-state index is 12.9. The fraction of sp³-hybridized carbons (Fsp3) is 0.316. The number of ether oxygens (including phenoxy) is 1. The third-order valence-electron chi connectivity index (χ3n) is 4.45. The molecular formula is C19H21FN2O2. The van der Waals surface area contributed by atoms with Crippen molar-refractivity contribution in [2.45, 2.75) is 12.5 Å². The summed E-state index contributed by atoms with van der Waals surface area (Å²) in [4.78, 5) is 12.6. The van der Waals surface area contributed by atoms with Gasteiger partial charge in [-0.3, -0.25) is 4.79 Å². The number of carbonyl (C=O) groups excluding carboxylic acids is 1. The van der Waals surface area contributed by atoms with Crippen LogP contribution in [0.4, 0.5) is 4.39 Å². The summed E-state index contributed by atoms with van der Waals surface area (Å²) >= 11 is 0. The van der Waals surface area contributed by atoms with Crippen molar-refractivity contribution in [2.75, 3.05) is 20.2 Å². The Hall–Kier alpha value is -2.40. The number of amides is 1. The average molecular weight is 328 g/mol. The Morgan fingerprint density at radius 2 is 2.04 bits per heavy atom. The normalized spacial score (nSPS) is 19.9. The first kappa shape index (κ1) is 16.5. The van der Waals surface area contributed by atoms with Crippen LogP contribution in [0.3, 0.4) is 0 Å². The van der Waals surface area contributed by atoms with Gasteiger partial charge in [0.25, 0.3) is 0 Å². The van der Waals surface area contributed by atoms with Crippen molar-refractivity contribution in [1.29, 1.82) is 0 Å². The zero-order valence-corrected chi connectivity index (χ0v) is 13.6. The first-order chi connectivity index (χ1) is 11.7. The molecule has 2 atom stereocenters. The quantitative estimate of drug-likeness (QED) is 0.886. The fourth-order valence-corrected chi connectivity index (χ4v) is 3.10. The van der Waals surface area contributed by atoms with E-state index in [9.17, 15) is 9.18 Å². The zero-order chi connectivity index (χ0) is 16.9. The second-order valence-electron chi connectivity index (χ2n) is 5.99. The van der Waals surface area contributed by atoms with Crippen LogP contribution in [0, 0.1) is 11.7 Å². The molecule has 0 aromatic heterocycles. The Morgan fingerprint density at radius 3 is 2.79 bits per heavy atom. The Balaban J connectivity index is 1.65. The third kappa shape index (κ3) is 3.74. The molecule has 0 aliphatic carbocycles. The molecule has 1 fully saturated rings. The van der Waals surface area contributed by atoms with E-state index in [1.54, 1.807) is 19.2 Å². The first-order valence-electron chi connectivity index (χ1n) is 8.04. The lowest BCUT2D eigenvalue weighted by molar-refractivity contribution is -0.125. The summed E-state index contributed by atoms with van der Waals surface area (Å²) in [7, 11) is 1.64. The summed E-state index contributed by atoms with van der Waals surface area (Å²) in [6, 6.07) is 14.0. The molecule has 1 heterocycles. The van der Waals surface area contributed by atoms with Gasteiger partial charge >= 0.3 is 0 Å². The predicted molar refractivity (Wildman–Crippen MR) is 90.3 cm³/mol. The van der Waals surface area contributed by atoms with Gasteiger partial charge in [0.2, 0.25) is 5.91 Å². The van der Waals surface area contributed by atoms with Crippen molar-refractivity contribution in [3.63, 3.8) is 0 Å². The second kappa shape index (κ2) is 7.45. The molecule has 0 radical (unpaired) electrons. The zero-order valence-electron chi connectivity index (χ0n) is 13.6. The van der Waals surface area contributed by atoms with Crippen LogP contribution in [0.25, 0.3) is 0 Å². The molecule has 1 saturated heterocycles. The summed E-state index contributed by atoms with van der Waals surface area (Å²) in [5.74, 6) is 0.524. The molecule has 2 N–H and O–H groups in total.